The molecule has 0 bridgehead atoms. The fourth-order valence-electron chi connectivity index (χ4n) is 1.54. The van der Waals surface area contributed by atoms with Crippen LogP contribution >= 0.6 is 11.6 Å². The third-order valence-electron chi connectivity index (χ3n) is 2.39. The first-order chi connectivity index (χ1) is 8.95. The van der Waals surface area contributed by atoms with E-state index in [1.54, 1.807) is 0 Å². The number of nitrogen functional groups attached to an aromatic ring is 1. The van der Waals surface area contributed by atoms with E-state index in [1.807, 2.05) is 0 Å². The summed E-state index contributed by atoms with van der Waals surface area (Å²) in [5, 5.41) is 11.8. The lowest BCUT2D eigenvalue weighted by Crippen LogP contribution is -2.12. The molecule has 0 aliphatic carbocycles. The van der Waals surface area contributed by atoms with E-state index in [0.29, 0.717) is 0 Å². The number of anilines is 2. The summed E-state index contributed by atoms with van der Waals surface area (Å²) in [7, 11) is 0. The summed E-state index contributed by atoms with van der Waals surface area (Å²) < 4.78 is 13.1. The van der Waals surface area contributed by atoms with Gasteiger partial charge in [0.1, 0.15) is 11.6 Å². The number of rotatable bonds is 2. The van der Waals surface area contributed by atoms with Gasteiger partial charge in [0.15, 0.2) is 0 Å². The van der Waals surface area contributed by atoms with Gasteiger partial charge in [-0.25, -0.2) is 4.39 Å². The third kappa shape index (κ3) is 3.14. The van der Waals surface area contributed by atoms with E-state index in [1.165, 1.54) is 24.3 Å². The van der Waals surface area contributed by atoms with Crippen molar-refractivity contribution in [2.75, 3.05) is 11.1 Å². The molecule has 4 N–H and O–H groups in total. The highest BCUT2D eigenvalue weighted by Gasteiger charge is 2.09. The number of halogens is 2. The lowest BCUT2D eigenvalue weighted by atomic mass is 10.2. The molecule has 2 rings (SSSR count). The molecule has 0 atom stereocenters. The monoisotopic (exact) mass is 280 g/mol. The maximum Gasteiger partial charge on any atom is 0.255 e. The second-order valence-electron chi connectivity index (χ2n) is 3.89. The molecule has 0 fully saturated rings. The second kappa shape index (κ2) is 5.16. The normalized spacial score (nSPS) is 10.2. The lowest BCUT2D eigenvalue weighted by Gasteiger charge is -2.07. The Morgan fingerprint density at radius 3 is 2.63 bits per heavy atom. The highest BCUT2D eigenvalue weighted by molar-refractivity contribution is 6.32. The molecule has 0 radical (unpaired) electrons. The SMILES string of the molecule is Nc1cc(F)cc(NC(=O)c2ccc(O)c(Cl)c2)c1. The largest absolute Gasteiger partial charge is 0.506 e. The molecular formula is C13H10ClFN2O2. The number of carbonyl (C=O) groups excluding carboxylic acids is 1. The van der Waals surface area contributed by atoms with Crippen LogP contribution in [0.5, 0.6) is 5.75 Å². The Kier molecular flexibility index (Phi) is 3.57. The van der Waals surface area contributed by atoms with Crippen LogP contribution in [0.4, 0.5) is 15.8 Å². The molecule has 0 aliphatic rings. The molecule has 0 aromatic heterocycles. The van der Waals surface area contributed by atoms with Crippen LogP contribution in [0.1, 0.15) is 10.4 Å². The average Bonchev–Trinajstić information content (AvgIpc) is 2.31. The molecule has 0 saturated heterocycles. The number of benzene rings is 2. The van der Waals surface area contributed by atoms with Gasteiger partial charge < -0.3 is 16.2 Å². The number of aromatic hydroxyl groups is 1. The van der Waals surface area contributed by atoms with Gasteiger partial charge in [0.05, 0.1) is 5.02 Å². The van der Waals surface area contributed by atoms with Crippen LogP contribution in [-0.2, 0) is 0 Å². The average molecular weight is 281 g/mol. The molecule has 6 heteroatoms. The van der Waals surface area contributed by atoms with E-state index in [0.717, 1.165) is 12.1 Å². The van der Waals surface area contributed by atoms with Crippen molar-refractivity contribution in [1.29, 1.82) is 0 Å². The fraction of sp³-hybridized carbons (Fsp3) is 0. The molecule has 1 amide bonds. The molecule has 0 spiro atoms. The van der Waals surface area contributed by atoms with Crippen molar-refractivity contribution in [3.05, 3.63) is 52.8 Å². The maximum atomic E-state index is 13.1. The van der Waals surface area contributed by atoms with Crippen LogP contribution in [0, 0.1) is 5.82 Å². The Hall–Kier alpha value is -2.27. The number of hydrogen-bond acceptors (Lipinski definition) is 3. The molecule has 2 aromatic carbocycles. The number of phenolic OH excluding ortho intramolecular Hbond substituents is 1. The predicted molar refractivity (Wildman–Crippen MR) is 71.9 cm³/mol. The van der Waals surface area contributed by atoms with Gasteiger partial charge in [-0.3, -0.25) is 4.79 Å². The molecule has 98 valence electrons. The van der Waals surface area contributed by atoms with E-state index in [-0.39, 0.29) is 27.7 Å². The van der Waals surface area contributed by atoms with E-state index in [9.17, 15) is 14.3 Å². The summed E-state index contributed by atoms with van der Waals surface area (Å²) in [5.74, 6) is -1.14. The molecule has 0 heterocycles. The van der Waals surface area contributed by atoms with Crippen LogP contribution in [0.3, 0.4) is 0 Å². The zero-order valence-electron chi connectivity index (χ0n) is 9.65. The highest BCUT2D eigenvalue weighted by atomic mass is 35.5. The summed E-state index contributed by atoms with van der Waals surface area (Å²) in [5.41, 5.74) is 6.16. The van der Waals surface area contributed by atoms with Crippen LogP contribution in [0.2, 0.25) is 5.02 Å². The summed E-state index contributed by atoms with van der Waals surface area (Å²) in [4.78, 5) is 11.9. The van der Waals surface area contributed by atoms with Crippen molar-refractivity contribution < 1.29 is 14.3 Å². The molecule has 0 unspecified atom stereocenters. The van der Waals surface area contributed by atoms with Crippen molar-refractivity contribution in [3.63, 3.8) is 0 Å². The minimum absolute atomic E-state index is 0.0615. The smallest absolute Gasteiger partial charge is 0.255 e. The van der Waals surface area contributed by atoms with Gasteiger partial charge in [-0.15, -0.1) is 0 Å². The third-order valence-corrected chi connectivity index (χ3v) is 2.69. The summed E-state index contributed by atoms with van der Waals surface area (Å²) >= 11 is 5.70. The lowest BCUT2D eigenvalue weighted by molar-refractivity contribution is 0.102. The van der Waals surface area contributed by atoms with Gasteiger partial charge in [-0.1, -0.05) is 11.6 Å². The first kappa shape index (κ1) is 13.2. The van der Waals surface area contributed by atoms with Crippen LogP contribution < -0.4 is 11.1 Å². The predicted octanol–water partition coefficient (Wildman–Crippen LogP) is 3.02. The first-order valence-corrected chi connectivity index (χ1v) is 5.69. The molecule has 0 aliphatic heterocycles. The van der Waals surface area contributed by atoms with Gasteiger partial charge in [0, 0.05) is 16.9 Å². The standard InChI is InChI=1S/C13H10ClFN2O2/c14-11-3-7(1-2-12(11)18)13(19)17-10-5-8(15)4-9(16)6-10/h1-6,18H,16H2,(H,17,19). The summed E-state index contributed by atoms with van der Waals surface area (Å²) in [6.45, 7) is 0. The molecule has 2 aromatic rings. The minimum Gasteiger partial charge on any atom is -0.506 e. The quantitative estimate of drug-likeness (QED) is 0.740. The van der Waals surface area contributed by atoms with Gasteiger partial charge in [0.25, 0.3) is 5.91 Å². The van der Waals surface area contributed by atoms with Crippen molar-refractivity contribution in [3.8, 4) is 5.75 Å². The fourth-order valence-corrected chi connectivity index (χ4v) is 1.72. The Balaban J connectivity index is 2.22. The summed E-state index contributed by atoms with van der Waals surface area (Å²) in [6.07, 6.45) is 0. The topological polar surface area (TPSA) is 75.3 Å². The maximum absolute atomic E-state index is 13.1. The number of amides is 1. The number of nitrogens with two attached hydrogens (primary N) is 1. The Labute approximate surface area is 113 Å². The molecule has 4 nitrogen and oxygen atoms in total. The number of carbonyl (C=O) groups is 1. The minimum atomic E-state index is -0.543. The van der Waals surface area contributed by atoms with E-state index in [2.05, 4.69) is 5.32 Å². The molecule has 19 heavy (non-hydrogen) atoms. The van der Waals surface area contributed by atoms with Gasteiger partial charge in [0.2, 0.25) is 0 Å². The van der Waals surface area contributed by atoms with Gasteiger partial charge in [-0.05, 0) is 36.4 Å². The van der Waals surface area contributed by atoms with E-state index in [4.69, 9.17) is 17.3 Å². The van der Waals surface area contributed by atoms with Crippen LogP contribution in [0.25, 0.3) is 0 Å². The van der Waals surface area contributed by atoms with Crippen LogP contribution in [0.15, 0.2) is 36.4 Å². The number of phenols is 1. The first-order valence-electron chi connectivity index (χ1n) is 5.31. The van der Waals surface area contributed by atoms with Gasteiger partial charge >= 0.3 is 0 Å². The second-order valence-corrected chi connectivity index (χ2v) is 4.30. The molecular weight excluding hydrogens is 271 g/mol. The zero-order chi connectivity index (χ0) is 14.0. The number of nitrogens with one attached hydrogen (secondary N) is 1. The van der Waals surface area contributed by atoms with E-state index >= 15 is 0 Å². The van der Waals surface area contributed by atoms with Crippen molar-refractivity contribution in [1.82, 2.24) is 0 Å². The Bertz CT molecular complexity index is 626. The van der Waals surface area contributed by atoms with Crippen molar-refractivity contribution >= 4 is 28.9 Å². The zero-order valence-corrected chi connectivity index (χ0v) is 10.4. The van der Waals surface area contributed by atoms with E-state index < -0.39 is 11.7 Å². The van der Waals surface area contributed by atoms with Gasteiger partial charge in [-0.2, -0.15) is 0 Å². The Morgan fingerprint density at radius 1 is 1.26 bits per heavy atom. The van der Waals surface area contributed by atoms with Crippen LogP contribution in [-0.4, -0.2) is 11.0 Å². The Morgan fingerprint density at radius 2 is 2.00 bits per heavy atom. The highest BCUT2D eigenvalue weighted by Crippen LogP contribution is 2.24. The van der Waals surface area contributed by atoms with Crippen molar-refractivity contribution in [2.24, 2.45) is 0 Å². The summed E-state index contributed by atoms with van der Waals surface area (Å²) in [6, 6.07) is 7.75. The molecule has 0 saturated carbocycles. The van der Waals surface area contributed by atoms with Crippen molar-refractivity contribution in [2.45, 2.75) is 0 Å². The number of hydrogen-bond donors (Lipinski definition) is 3.